The van der Waals surface area contributed by atoms with Gasteiger partial charge in [-0.3, -0.25) is 9.78 Å². The molecule has 1 heterocycles. The van der Waals surface area contributed by atoms with Crippen LogP contribution in [0.2, 0.25) is 0 Å². The molecule has 0 fully saturated rings. The Kier molecular flexibility index (Phi) is 4.09. The number of carbonyl (C=O) groups excluding carboxylic acids is 1. The molecule has 0 aliphatic rings. The molecule has 1 aromatic rings. The highest BCUT2D eigenvalue weighted by Gasteiger charge is 2.11. The van der Waals surface area contributed by atoms with Crippen LogP contribution in [0.3, 0.4) is 0 Å². The predicted octanol–water partition coefficient (Wildman–Crippen LogP) is 1.58. The summed E-state index contributed by atoms with van der Waals surface area (Å²) in [4.78, 5) is 15.6. The first-order chi connectivity index (χ1) is 7.15. The van der Waals surface area contributed by atoms with E-state index in [-0.39, 0.29) is 11.9 Å². The van der Waals surface area contributed by atoms with Crippen molar-refractivity contribution < 1.29 is 4.79 Å². The Hall–Kier alpha value is -1.58. The van der Waals surface area contributed by atoms with Gasteiger partial charge in [-0.25, -0.2) is 0 Å². The van der Waals surface area contributed by atoms with Crippen LogP contribution in [0.25, 0.3) is 0 Å². The van der Waals surface area contributed by atoms with Crippen molar-refractivity contribution in [3.8, 4) is 0 Å². The van der Waals surface area contributed by atoms with Crippen molar-refractivity contribution in [1.82, 2.24) is 10.3 Å². The molecule has 0 aromatic carbocycles. The number of nitrogen functional groups attached to an aromatic ring is 1. The van der Waals surface area contributed by atoms with Gasteiger partial charge in [0.25, 0.3) is 5.91 Å². The first kappa shape index (κ1) is 11.5. The van der Waals surface area contributed by atoms with E-state index in [1.165, 1.54) is 6.20 Å². The summed E-state index contributed by atoms with van der Waals surface area (Å²) >= 11 is 0. The fourth-order valence-electron chi connectivity index (χ4n) is 1.40. The number of pyridine rings is 1. The monoisotopic (exact) mass is 207 g/mol. The zero-order valence-corrected chi connectivity index (χ0v) is 9.16. The Morgan fingerprint density at radius 2 is 2.40 bits per heavy atom. The molecule has 1 atom stereocenters. The number of hydrogen-bond donors (Lipinski definition) is 2. The molecule has 1 aromatic heterocycles. The molecule has 1 rings (SSSR count). The van der Waals surface area contributed by atoms with E-state index in [0.717, 1.165) is 12.8 Å². The first-order valence-corrected chi connectivity index (χ1v) is 5.15. The molecule has 0 bridgehead atoms. The molecule has 3 N–H and O–H groups in total. The number of nitrogens with zero attached hydrogens (tertiary/aromatic N) is 1. The highest BCUT2D eigenvalue weighted by Crippen LogP contribution is 2.08. The zero-order chi connectivity index (χ0) is 11.3. The number of amides is 1. The lowest BCUT2D eigenvalue weighted by Crippen LogP contribution is -2.32. The number of nitrogens with two attached hydrogens (primary N) is 1. The fraction of sp³-hybridized carbons (Fsp3) is 0.455. The Labute approximate surface area is 89.9 Å². The highest BCUT2D eigenvalue weighted by molar-refractivity contribution is 5.98. The third-order valence-corrected chi connectivity index (χ3v) is 2.20. The van der Waals surface area contributed by atoms with Crippen LogP contribution in [0.1, 0.15) is 37.0 Å². The molecule has 0 aliphatic heterocycles. The summed E-state index contributed by atoms with van der Waals surface area (Å²) in [5.74, 6) is -0.151. The summed E-state index contributed by atoms with van der Waals surface area (Å²) in [6.45, 7) is 4.06. The van der Waals surface area contributed by atoms with Gasteiger partial charge in [0.1, 0.15) is 0 Å². The molecule has 4 heteroatoms. The van der Waals surface area contributed by atoms with Crippen LogP contribution in [-0.2, 0) is 0 Å². The molecule has 0 aliphatic carbocycles. The smallest absolute Gasteiger partial charge is 0.255 e. The molecular formula is C11H17N3O. The second-order valence-electron chi connectivity index (χ2n) is 3.63. The Bertz CT molecular complexity index is 338. The van der Waals surface area contributed by atoms with E-state index in [9.17, 15) is 4.79 Å². The standard InChI is InChI=1S/C11H17N3O/c1-3-4-8(2)14-11(15)9-7-13-6-5-10(9)12/h5-8H,3-4H2,1-2H3,(H2,12,13)(H,14,15). The number of anilines is 1. The van der Waals surface area contributed by atoms with Gasteiger partial charge in [0.05, 0.1) is 5.56 Å². The van der Waals surface area contributed by atoms with E-state index in [1.54, 1.807) is 12.3 Å². The summed E-state index contributed by atoms with van der Waals surface area (Å²) in [5.41, 5.74) is 6.58. The topological polar surface area (TPSA) is 68.0 Å². The number of aromatic nitrogens is 1. The molecule has 82 valence electrons. The fourth-order valence-corrected chi connectivity index (χ4v) is 1.40. The predicted molar refractivity (Wildman–Crippen MR) is 60.5 cm³/mol. The van der Waals surface area contributed by atoms with Crippen molar-refractivity contribution in [3.05, 3.63) is 24.0 Å². The van der Waals surface area contributed by atoms with E-state index in [0.29, 0.717) is 11.3 Å². The number of carbonyl (C=O) groups is 1. The van der Waals surface area contributed by atoms with Gasteiger partial charge in [0.2, 0.25) is 0 Å². The normalized spacial score (nSPS) is 12.1. The van der Waals surface area contributed by atoms with Crippen molar-refractivity contribution in [2.24, 2.45) is 0 Å². The van der Waals surface area contributed by atoms with Crippen LogP contribution >= 0.6 is 0 Å². The van der Waals surface area contributed by atoms with Gasteiger partial charge in [-0.2, -0.15) is 0 Å². The summed E-state index contributed by atoms with van der Waals surface area (Å²) in [6.07, 6.45) is 5.07. The zero-order valence-electron chi connectivity index (χ0n) is 9.16. The first-order valence-electron chi connectivity index (χ1n) is 5.15. The highest BCUT2D eigenvalue weighted by atomic mass is 16.1. The van der Waals surface area contributed by atoms with Gasteiger partial charge >= 0.3 is 0 Å². The van der Waals surface area contributed by atoms with Crippen LogP contribution in [-0.4, -0.2) is 16.9 Å². The Morgan fingerprint density at radius 1 is 1.67 bits per heavy atom. The maximum atomic E-state index is 11.7. The molecular weight excluding hydrogens is 190 g/mol. The van der Waals surface area contributed by atoms with Gasteiger partial charge in [-0.15, -0.1) is 0 Å². The van der Waals surface area contributed by atoms with Crippen LogP contribution in [0.5, 0.6) is 0 Å². The molecule has 0 spiro atoms. The minimum atomic E-state index is -0.151. The minimum Gasteiger partial charge on any atom is -0.398 e. The average Bonchev–Trinajstić information content (AvgIpc) is 2.18. The molecule has 4 nitrogen and oxygen atoms in total. The SMILES string of the molecule is CCCC(C)NC(=O)c1cnccc1N. The van der Waals surface area contributed by atoms with Crippen LogP contribution in [0, 0.1) is 0 Å². The molecule has 1 unspecified atom stereocenters. The third kappa shape index (κ3) is 3.23. The largest absolute Gasteiger partial charge is 0.398 e. The van der Waals surface area contributed by atoms with Crippen LogP contribution < -0.4 is 11.1 Å². The average molecular weight is 207 g/mol. The summed E-state index contributed by atoms with van der Waals surface area (Å²) in [6, 6.07) is 1.79. The lowest BCUT2D eigenvalue weighted by molar-refractivity contribution is 0.0939. The lowest BCUT2D eigenvalue weighted by atomic mass is 10.1. The van der Waals surface area contributed by atoms with Crippen molar-refractivity contribution in [2.45, 2.75) is 32.7 Å². The molecule has 15 heavy (non-hydrogen) atoms. The maximum Gasteiger partial charge on any atom is 0.255 e. The maximum absolute atomic E-state index is 11.7. The second-order valence-corrected chi connectivity index (χ2v) is 3.63. The van der Waals surface area contributed by atoms with Crippen molar-refractivity contribution in [1.29, 1.82) is 0 Å². The van der Waals surface area contributed by atoms with E-state index in [2.05, 4.69) is 17.2 Å². The quantitative estimate of drug-likeness (QED) is 0.787. The van der Waals surface area contributed by atoms with Crippen molar-refractivity contribution in [2.75, 3.05) is 5.73 Å². The van der Waals surface area contributed by atoms with Crippen LogP contribution in [0.15, 0.2) is 18.5 Å². The second kappa shape index (κ2) is 5.34. The lowest BCUT2D eigenvalue weighted by Gasteiger charge is -2.13. The van der Waals surface area contributed by atoms with Gasteiger partial charge in [0, 0.05) is 24.1 Å². The van der Waals surface area contributed by atoms with Crippen molar-refractivity contribution in [3.63, 3.8) is 0 Å². The number of nitrogens with one attached hydrogen (secondary N) is 1. The summed E-state index contributed by atoms with van der Waals surface area (Å²) in [7, 11) is 0. The van der Waals surface area contributed by atoms with Gasteiger partial charge in [-0.1, -0.05) is 13.3 Å². The van der Waals surface area contributed by atoms with E-state index >= 15 is 0 Å². The Balaban J connectivity index is 2.65. The number of hydrogen-bond acceptors (Lipinski definition) is 3. The van der Waals surface area contributed by atoms with Gasteiger partial charge in [0.15, 0.2) is 0 Å². The molecule has 0 radical (unpaired) electrons. The van der Waals surface area contributed by atoms with Gasteiger partial charge in [-0.05, 0) is 19.4 Å². The minimum absolute atomic E-state index is 0.151. The Morgan fingerprint density at radius 3 is 3.00 bits per heavy atom. The van der Waals surface area contributed by atoms with E-state index in [4.69, 9.17) is 5.73 Å². The van der Waals surface area contributed by atoms with Crippen molar-refractivity contribution >= 4 is 11.6 Å². The third-order valence-electron chi connectivity index (χ3n) is 2.20. The van der Waals surface area contributed by atoms with Gasteiger partial charge < -0.3 is 11.1 Å². The van der Waals surface area contributed by atoms with E-state index in [1.807, 2.05) is 6.92 Å². The summed E-state index contributed by atoms with van der Waals surface area (Å²) in [5, 5.41) is 2.88. The molecule has 0 saturated carbocycles. The molecule has 0 saturated heterocycles. The van der Waals surface area contributed by atoms with Crippen LogP contribution in [0.4, 0.5) is 5.69 Å². The number of rotatable bonds is 4. The summed E-state index contributed by atoms with van der Waals surface area (Å²) < 4.78 is 0. The van der Waals surface area contributed by atoms with E-state index < -0.39 is 0 Å². The molecule has 1 amide bonds.